The number of aliphatic hydroxyl groups is 1. The number of ether oxygens (including phenoxy) is 1. The fraction of sp³-hybridized carbons (Fsp3) is 0.562. The summed E-state index contributed by atoms with van der Waals surface area (Å²) < 4.78 is 5.22. The standard InChI is InChI=1S/C16H23NO3S/c18-15(17-13-16(19)7-9-20-10-8-16)12-21-11-6-14-4-2-1-3-5-14/h1-5,19H,6-13H2,(H,17,18). The smallest absolute Gasteiger partial charge is 0.230 e. The molecule has 1 saturated heterocycles. The number of hydrogen-bond donors (Lipinski definition) is 2. The van der Waals surface area contributed by atoms with E-state index in [1.165, 1.54) is 5.56 Å². The lowest BCUT2D eigenvalue weighted by molar-refractivity contribution is -0.121. The molecule has 0 aliphatic carbocycles. The second-order valence-electron chi connectivity index (χ2n) is 5.40. The fourth-order valence-corrected chi connectivity index (χ4v) is 3.05. The number of carbonyl (C=O) groups excluding carboxylic acids is 1. The first kappa shape index (κ1) is 16.3. The number of benzene rings is 1. The Labute approximate surface area is 130 Å². The predicted molar refractivity (Wildman–Crippen MR) is 85.5 cm³/mol. The SMILES string of the molecule is O=C(CSCCc1ccccc1)NCC1(O)CCOCC1. The van der Waals surface area contributed by atoms with Gasteiger partial charge in [0.15, 0.2) is 0 Å². The maximum absolute atomic E-state index is 11.8. The number of rotatable bonds is 7. The lowest BCUT2D eigenvalue weighted by Crippen LogP contribution is -2.47. The number of carbonyl (C=O) groups is 1. The van der Waals surface area contributed by atoms with E-state index in [9.17, 15) is 9.90 Å². The Balaban J connectivity index is 1.57. The summed E-state index contributed by atoms with van der Waals surface area (Å²) in [7, 11) is 0. The van der Waals surface area contributed by atoms with Crippen LogP contribution in [0, 0.1) is 0 Å². The summed E-state index contributed by atoms with van der Waals surface area (Å²) in [6, 6.07) is 10.3. The summed E-state index contributed by atoms with van der Waals surface area (Å²) in [6.07, 6.45) is 2.16. The van der Waals surface area contributed by atoms with E-state index in [1.807, 2.05) is 18.2 Å². The monoisotopic (exact) mass is 309 g/mol. The van der Waals surface area contributed by atoms with E-state index < -0.39 is 5.60 Å². The van der Waals surface area contributed by atoms with Gasteiger partial charge in [-0.05, 0) is 17.7 Å². The second-order valence-corrected chi connectivity index (χ2v) is 6.51. The third kappa shape index (κ3) is 6.08. The van der Waals surface area contributed by atoms with Crippen molar-refractivity contribution in [2.24, 2.45) is 0 Å². The molecular weight excluding hydrogens is 286 g/mol. The molecule has 1 aromatic rings. The molecule has 4 nitrogen and oxygen atoms in total. The summed E-state index contributed by atoms with van der Waals surface area (Å²) in [5.74, 6) is 1.36. The van der Waals surface area contributed by atoms with Gasteiger partial charge in [0.25, 0.3) is 0 Å². The Kier molecular flexibility index (Phi) is 6.54. The number of amides is 1. The third-order valence-electron chi connectivity index (χ3n) is 3.65. The highest BCUT2D eigenvalue weighted by Crippen LogP contribution is 2.19. The zero-order chi connectivity index (χ0) is 15.0. The molecule has 5 heteroatoms. The Morgan fingerprint density at radius 2 is 2.00 bits per heavy atom. The lowest BCUT2D eigenvalue weighted by Gasteiger charge is -2.32. The van der Waals surface area contributed by atoms with Gasteiger partial charge in [-0.2, -0.15) is 11.8 Å². The molecular formula is C16H23NO3S. The van der Waals surface area contributed by atoms with Crippen LogP contribution in [-0.2, 0) is 16.0 Å². The molecule has 1 aromatic carbocycles. The van der Waals surface area contributed by atoms with Crippen molar-refractivity contribution >= 4 is 17.7 Å². The summed E-state index contributed by atoms with van der Waals surface area (Å²) in [5.41, 5.74) is 0.504. The van der Waals surface area contributed by atoms with Gasteiger partial charge in [-0.1, -0.05) is 30.3 Å². The number of thioether (sulfide) groups is 1. The Bertz CT molecular complexity index is 432. The molecule has 1 fully saturated rings. The Morgan fingerprint density at radius 3 is 2.71 bits per heavy atom. The fourth-order valence-electron chi connectivity index (χ4n) is 2.24. The van der Waals surface area contributed by atoms with Crippen molar-refractivity contribution in [1.29, 1.82) is 0 Å². The largest absolute Gasteiger partial charge is 0.388 e. The molecule has 2 N–H and O–H groups in total. The predicted octanol–water partition coefficient (Wildman–Crippen LogP) is 1.62. The molecule has 1 aliphatic heterocycles. The maximum atomic E-state index is 11.8. The summed E-state index contributed by atoms with van der Waals surface area (Å²) >= 11 is 1.62. The zero-order valence-corrected chi connectivity index (χ0v) is 13.0. The molecule has 0 aromatic heterocycles. The molecule has 116 valence electrons. The van der Waals surface area contributed by atoms with Crippen LogP contribution >= 0.6 is 11.8 Å². The molecule has 0 bridgehead atoms. The van der Waals surface area contributed by atoms with Crippen molar-refractivity contribution in [2.75, 3.05) is 31.3 Å². The minimum atomic E-state index is -0.789. The highest BCUT2D eigenvalue weighted by Gasteiger charge is 2.29. The normalized spacial score (nSPS) is 17.4. The maximum Gasteiger partial charge on any atom is 0.230 e. The molecule has 0 spiro atoms. The van der Waals surface area contributed by atoms with Crippen LogP contribution < -0.4 is 5.32 Å². The van der Waals surface area contributed by atoms with Gasteiger partial charge in [-0.25, -0.2) is 0 Å². The van der Waals surface area contributed by atoms with Crippen LogP contribution in [0.15, 0.2) is 30.3 Å². The second kappa shape index (κ2) is 8.41. The van der Waals surface area contributed by atoms with Gasteiger partial charge in [0, 0.05) is 32.6 Å². The van der Waals surface area contributed by atoms with Crippen molar-refractivity contribution in [1.82, 2.24) is 5.32 Å². The highest BCUT2D eigenvalue weighted by molar-refractivity contribution is 7.99. The molecule has 1 aliphatic rings. The number of nitrogens with one attached hydrogen (secondary N) is 1. The van der Waals surface area contributed by atoms with Crippen molar-refractivity contribution in [3.05, 3.63) is 35.9 Å². The summed E-state index contributed by atoms with van der Waals surface area (Å²) in [6.45, 7) is 1.46. The van der Waals surface area contributed by atoms with Crippen LogP contribution in [0.1, 0.15) is 18.4 Å². The van der Waals surface area contributed by atoms with Crippen LogP contribution in [0.2, 0.25) is 0 Å². The van der Waals surface area contributed by atoms with Crippen LogP contribution in [-0.4, -0.2) is 47.9 Å². The molecule has 1 heterocycles. The quantitative estimate of drug-likeness (QED) is 0.752. The van der Waals surface area contributed by atoms with Crippen LogP contribution in [0.25, 0.3) is 0 Å². The number of hydrogen-bond acceptors (Lipinski definition) is 4. The van der Waals surface area contributed by atoms with E-state index in [0.717, 1.165) is 12.2 Å². The van der Waals surface area contributed by atoms with E-state index in [-0.39, 0.29) is 5.91 Å². The summed E-state index contributed by atoms with van der Waals surface area (Å²) in [5, 5.41) is 13.1. The number of aryl methyl sites for hydroxylation is 1. The molecule has 0 radical (unpaired) electrons. The Morgan fingerprint density at radius 1 is 1.29 bits per heavy atom. The highest BCUT2D eigenvalue weighted by atomic mass is 32.2. The first-order valence-electron chi connectivity index (χ1n) is 7.36. The van der Waals surface area contributed by atoms with Gasteiger partial charge in [0.2, 0.25) is 5.91 Å². The van der Waals surface area contributed by atoms with Crippen LogP contribution in [0.3, 0.4) is 0 Å². The first-order chi connectivity index (χ1) is 10.2. The van der Waals surface area contributed by atoms with Gasteiger partial charge < -0.3 is 15.2 Å². The lowest BCUT2D eigenvalue weighted by atomic mass is 9.94. The average molecular weight is 309 g/mol. The topological polar surface area (TPSA) is 58.6 Å². The first-order valence-corrected chi connectivity index (χ1v) is 8.52. The van der Waals surface area contributed by atoms with Crippen molar-refractivity contribution in [3.8, 4) is 0 Å². The van der Waals surface area contributed by atoms with E-state index in [0.29, 0.717) is 38.4 Å². The third-order valence-corrected chi connectivity index (χ3v) is 4.61. The molecule has 0 saturated carbocycles. The van der Waals surface area contributed by atoms with Crippen molar-refractivity contribution in [2.45, 2.75) is 24.9 Å². The molecule has 2 rings (SSSR count). The van der Waals surface area contributed by atoms with Crippen LogP contribution in [0.5, 0.6) is 0 Å². The Hall–Kier alpha value is -1.04. The van der Waals surface area contributed by atoms with Crippen LogP contribution in [0.4, 0.5) is 0 Å². The molecule has 1 amide bonds. The van der Waals surface area contributed by atoms with Crippen molar-refractivity contribution < 1.29 is 14.6 Å². The van der Waals surface area contributed by atoms with Gasteiger partial charge >= 0.3 is 0 Å². The van der Waals surface area contributed by atoms with Crippen molar-refractivity contribution in [3.63, 3.8) is 0 Å². The van der Waals surface area contributed by atoms with Gasteiger partial charge in [-0.3, -0.25) is 4.79 Å². The summed E-state index contributed by atoms with van der Waals surface area (Å²) in [4.78, 5) is 11.8. The average Bonchev–Trinajstić information content (AvgIpc) is 2.51. The van der Waals surface area contributed by atoms with Gasteiger partial charge in [0.1, 0.15) is 0 Å². The van der Waals surface area contributed by atoms with E-state index >= 15 is 0 Å². The van der Waals surface area contributed by atoms with E-state index in [2.05, 4.69) is 17.4 Å². The van der Waals surface area contributed by atoms with Gasteiger partial charge in [-0.15, -0.1) is 0 Å². The van der Waals surface area contributed by atoms with E-state index in [1.54, 1.807) is 11.8 Å². The molecule has 21 heavy (non-hydrogen) atoms. The minimum Gasteiger partial charge on any atom is -0.388 e. The minimum absolute atomic E-state index is 0.00650. The van der Waals surface area contributed by atoms with E-state index in [4.69, 9.17) is 4.74 Å². The zero-order valence-electron chi connectivity index (χ0n) is 12.2. The van der Waals surface area contributed by atoms with Gasteiger partial charge in [0.05, 0.1) is 11.4 Å². The molecule has 0 atom stereocenters. The molecule has 0 unspecified atom stereocenters.